The Bertz CT molecular complexity index is 821. The Morgan fingerprint density at radius 2 is 2.08 bits per heavy atom. The maximum atomic E-state index is 12.5. The van der Waals surface area contributed by atoms with Gasteiger partial charge < -0.3 is 15.2 Å². The molecule has 0 bridgehead atoms. The van der Waals surface area contributed by atoms with Crippen LogP contribution in [0.2, 0.25) is 0 Å². The molecule has 8 nitrogen and oxygen atoms in total. The summed E-state index contributed by atoms with van der Waals surface area (Å²) in [6.07, 6.45) is 1.79. The highest BCUT2D eigenvalue weighted by atomic mass is 32.1. The van der Waals surface area contributed by atoms with Gasteiger partial charge in [-0.05, 0) is 18.9 Å². The smallest absolute Gasteiger partial charge is 0.354 e. The van der Waals surface area contributed by atoms with E-state index in [1.807, 2.05) is 13.8 Å². The molecule has 0 fully saturated rings. The number of aryl methyl sites for hydroxylation is 2. The number of anilines is 1. The summed E-state index contributed by atoms with van der Waals surface area (Å²) in [6, 6.07) is 0. The fraction of sp³-hybridized carbons (Fsp3) is 0.333. The fourth-order valence-electron chi connectivity index (χ4n) is 2.44. The minimum absolute atomic E-state index is 0.0788. The molecule has 2 aromatic heterocycles. The molecule has 0 saturated heterocycles. The van der Waals surface area contributed by atoms with Crippen LogP contribution in [-0.2, 0) is 18.2 Å². The van der Waals surface area contributed by atoms with E-state index in [1.165, 1.54) is 31.7 Å². The largest absolute Gasteiger partial charge is 0.477 e. The van der Waals surface area contributed by atoms with E-state index >= 15 is 0 Å². The molecule has 24 heavy (non-hydrogen) atoms. The molecule has 2 N–H and O–H groups in total. The monoisotopic (exact) mass is 351 g/mol. The molecule has 0 aromatic carbocycles. The molecule has 128 valence electrons. The number of amides is 1. The third-order valence-electron chi connectivity index (χ3n) is 3.57. The van der Waals surface area contributed by atoms with Crippen LogP contribution in [0, 0.1) is 6.92 Å². The first-order chi connectivity index (χ1) is 11.3. The Labute approximate surface area is 142 Å². The number of nitrogens with one attached hydrogen (secondary N) is 1. The van der Waals surface area contributed by atoms with Gasteiger partial charge in [-0.3, -0.25) is 9.48 Å². The number of carbonyl (C=O) groups excluding carboxylic acids is 2. The van der Waals surface area contributed by atoms with Gasteiger partial charge in [-0.25, -0.2) is 9.59 Å². The zero-order valence-electron chi connectivity index (χ0n) is 13.7. The number of nitrogens with zero attached hydrogens (tertiary/aromatic N) is 2. The first-order valence-electron chi connectivity index (χ1n) is 7.08. The van der Waals surface area contributed by atoms with E-state index in [4.69, 9.17) is 4.74 Å². The van der Waals surface area contributed by atoms with Gasteiger partial charge in [-0.15, -0.1) is 11.3 Å². The Hall–Kier alpha value is -2.68. The third-order valence-corrected chi connectivity index (χ3v) is 4.63. The van der Waals surface area contributed by atoms with Crippen LogP contribution in [0.4, 0.5) is 5.00 Å². The van der Waals surface area contributed by atoms with E-state index in [2.05, 4.69) is 10.4 Å². The van der Waals surface area contributed by atoms with Crippen molar-refractivity contribution in [1.82, 2.24) is 9.78 Å². The molecule has 0 spiro atoms. The second-order valence-corrected chi connectivity index (χ2v) is 6.20. The lowest BCUT2D eigenvalue weighted by molar-refractivity contribution is 0.0600. The summed E-state index contributed by atoms with van der Waals surface area (Å²) in [4.78, 5) is 36.7. The number of aromatic carboxylic acids is 1. The Kier molecular flexibility index (Phi) is 5.03. The van der Waals surface area contributed by atoms with Crippen molar-refractivity contribution in [2.45, 2.75) is 20.3 Å². The van der Waals surface area contributed by atoms with Crippen LogP contribution in [0.1, 0.15) is 48.6 Å². The lowest BCUT2D eigenvalue weighted by Gasteiger charge is -2.07. The van der Waals surface area contributed by atoms with Crippen molar-refractivity contribution >= 4 is 34.2 Å². The van der Waals surface area contributed by atoms with Gasteiger partial charge >= 0.3 is 11.9 Å². The van der Waals surface area contributed by atoms with Crippen molar-refractivity contribution in [3.63, 3.8) is 0 Å². The predicted molar refractivity (Wildman–Crippen MR) is 87.9 cm³/mol. The number of rotatable bonds is 5. The van der Waals surface area contributed by atoms with Gasteiger partial charge in [-0.1, -0.05) is 6.92 Å². The van der Waals surface area contributed by atoms with Crippen molar-refractivity contribution in [1.29, 1.82) is 0 Å². The molecule has 2 rings (SSSR count). The average molecular weight is 351 g/mol. The molecule has 0 aliphatic rings. The second kappa shape index (κ2) is 6.83. The van der Waals surface area contributed by atoms with Crippen molar-refractivity contribution in [3.05, 3.63) is 33.5 Å². The number of carbonyl (C=O) groups is 3. The molecule has 0 saturated carbocycles. The van der Waals surface area contributed by atoms with Crippen molar-refractivity contribution in [2.75, 3.05) is 12.4 Å². The number of hydrogen-bond acceptors (Lipinski definition) is 6. The van der Waals surface area contributed by atoms with Gasteiger partial charge in [0.15, 0.2) is 5.69 Å². The number of carboxylic acid groups (broad SMARTS) is 1. The van der Waals surface area contributed by atoms with Crippen LogP contribution in [0.25, 0.3) is 0 Å². The summed E-state index contributed by atoms with van der Waals surface area (Å²) in [5.74, 6) is -2.45. The highest BCUT2D eigenvalue weighted by molar-refractivity contribution is 7.16. The quantitative estimate of drug-likeness (QED) is 0.798. The summed E-state index contributed by atoms with van der Waals surface area (Å²) < 4.78 is 5.90. The summed E-state index contributed by atoms with van der Waals surface area (Å²) in [5, 5.41) is 15.9. The molecule has 0 atom stereocenters. The molecule has 2 heterocycles. The number of esters is 1. The van der Waals surface area contributed by atoms with Crippen molar-refractivity contribution in [2.24, 2.45) is 7.05 Å². The lowest BCUT2D eigenvalue weighted by atomic mass is 10.1. The van der Waals surface area contributed by atoms with E-state index in [0.29, 0.717) is 17.0 Å². The van der Waals surface area contributed by atoms with Gasteiger partial charge in [0.25, 0.3) is 5.91 Å². The maximum Gasteiger partial charge on any atom is 0.354 e. The van der Waals surface area contributed by atoms with Gasteiger partial charge in [0.1, 0.15) is 5.00 Å². The predicted octanol–water partition coefficient (Wildman–Crippen LogP) is 2.09. The number of aromatic nitrogens is 2. The first kappa shape index (κ1) is 17.7. The second-order valence-electron chi connectivity index (χ2n) is 4.98. The van der Waals surface area contributed by atoms with Crippen LogP contribution < -0.4 is 5.32 Å². The maximum absolute atomic E-state index is 12.5. The highest BCUT2D eigenvalue weighted by Crippen LogP contribution is 2.34. The zero-order chi connectivity index (χ0) is 18.0. The Morgan fingerprint density at radius 3 is 2.62 bits per heavy atom. The normalized spacial score (nSPS) is 10.5. The van der Waals surface area contributed by atoms with Crippen molar-refractivity contribution in [3.8, 4) is 0 Å². The van der Waals surface area contributed by atoms with Crippen LogP contribution in [0.3, 0.4) is 0 Å². The Balaban J connectivity index is 2.44. The standard InChI is InChI=1S/C15H17N3O5S/c1-5-8-7(2)24-13(10(8)15(22)23-4)17-12(19)9-6-16-18(3)11(9)14(20)21/h6H,5H2,1-4H3,(H,17,19)(H,20,21). The van der Waals surface area contributed by atoms with Crippen LogP contribution >= 0.6 is 11.3 Å². The molecular weight excluding hydrogens is 334 g/mol. The summed E-state index contributed by atoms with van der Waals surface area (Å²) in [7, 11) is 2.70. The summed E-state index contributed by atoms with van der Waals surface area (Å²) >= 11 is 1.25. The molecule has 0 aliphatic heterocycles. The average Bonchev–Trinajstić information content (AvgIpc) is 3.06. The molecule has 0 aliphatic carbocycles. The van der Waals surface area contributed by atoms with Crippen LogP contribution in [-0.4, -0.2) is 39.8 Å². The summed E-state index contributed by atoms with van der Waals surface area (Å²) in [5.41, 5.74) is 0.796. The van der Waals surface area contributed by atoms with Gasteiger partial charge in [0.2, 0.25) is 0 Å². The molecule has 0 radical (unpaired) electrons. The minimum Gasteiger partial charge on any atom is -0.477 e. The molecule has 9 heteroatoms. The number of thiophene rings is 1. The zero-order valence-corrected chi connectivity index (χ0v) is 14.5. The van der Waals surface area contributed by atoms with E-state index in [9.17, 15) is 19.5 Å². The number of hydrogen-bond donors (Lipinski definition) is 2. The summed E-state index contributed by atoms with van der Waals surface area (Å²) in [6.45, 7) is 3.75. The molecular formula is C15H17N3O5S. The first-order valence-corrected chi connectivity index (χ1v) is 7.90. The minimum atomic E-state index is -1.26. The molecule has 1 amide bonds. The molecule has 0 unspecified atom stereocenters. The molecule has 2 aromatic rings. The SMILES string of the molecule is CCc1c(C)sc(NC(=O)c2cnn(C)c2C(=O)O)c1C(=O)OC. The van der Waals surface area contributed by atoms with Crippen LogP contribution in [0.5, 0.6) is 0 Å². The lowest BCUT2D eigenvalue weighted by Crippen LogP contribution is -2.18. The topological polar surface area (TPSA) is 111 Å². The van der Waals surface area contributed by atoms with E-state index < -0.39 is 17.8 Å². The van der Waals surface area contributed by atoms with Crippen LogP contribution in [0.15, 0.2) is 6.20 Å². The van der Waals surface area contributed by atoms with Gasteiger partial charge in [0.05, 0.1) is 24.4 Å². The number of ether oxygens (including phenoxy) is 1. The van der Waals surface area contributed by atoms with Gasteiger partial charge in [-0.2, -0.15) is 5.10 Å². The fourth-order valence-corrected chi connectivity index (χ4v) is 3.57. The number of carboxylic acids is 1. The number of methoxy groups -OCH3 is 1. The van der Waals surface area contributed by atoms with E-state index in [0.717, 1.165) is 15.1 Å². The van der Waals surface area contributed by atoms with E-state index in [1.54, 1.807) is 0 Å². The van der Waals surface area contributed by atoms with Gasteiger partial charge in [0, 0.05) is 11.9 Å². The highest BCUT2D eigenvalue weighted by Gasteiger charge is 2.26. The third kappa shape index (κ3) is 3.02. The van der Waals surface area contributed by atoms with E-state index in [-0.39, 0.29) is 11.3 Å². The van der Waals surface area contributed by atoms with Crippen molar-refractivity contribution < 1.29 is 24.2 Å². The Morgan fingerprint density at radius 1 is 1.42 bits per heavy atom.